The van der Waals surface area contributed by atoms with Gasteiger partial charge in [0, 0.05) is 17.1 Å². The number of hydrogen-bond acceptors (Lipinski definition) is 5. The molecule has 2 N–H and O–H groups in total. The summed E-state index contributed by atoms with van der Waals surface area (Å²) < 4.78 is 5.21. The van der Waals surface area contributed by atoms with Gasteiger partial charge in [-0.2, -0.15) is 0 Å². The molecular formula is C22H22N2O3S. The number of rotatable bonds is 8. The summed E-state index contributed by atoms with van der Waals surface area (Å²) in [6, 6.07) is 20.4. The van der Waals surface area contributed by atoms with E-state index >= 15 is 0 Å². The summed E-state index contributed by atoms with van der Waals surface area (Å²) in [5.74, 6) is -0.749. The molecule has 5 nitrogen and oxygen atoms in total. The first-order valence-corrected chi connectivity index (χ1v) is 9.86. The maximum atomic E-state index is 12.7. The Kier molecular flexibility index (Phi) is 6.81. The van der Waals surface area contributed by atoms with E-state index in [9.17, 15) is 9.59 Å². The third-order valence-corrected chi connectivity index (χ3v) is 5.13. The van der Waals surface area contributed by atoms with Gasteiger partial charge < -0.3 is 15.4 Å². The van der Waals surface area contributed by atoms with Crippen molar-refractivity contribution in [2.75, 3.05) is 18.9 Å². The standard InChI is InChI=1S/C22H22N2O3S/c23-19-10-8-18(9-11-19)22(26)27-16-21(25)24(15-20-7-4-14-28-20)13-12-17-5-2-1-3-6-17/h1-11,14H,12-13,15-16,23H2. The summed E-state index contributed by atoms with van der Waals surface area (Å²) >= 11 is 1.60. The Morgan fingerprint density at radius 2 is 1.71 bits per heavy atom. The lowest BCUT2D eigenvalue weighted by atomic mass is 10.1. The molecule has 0 saturated heterocycles. The van der Waals surface area contributed by atoms with Crippen molar-refractivity contribution in [2.45, 2.75) is 13.0 Å². The molecule has 0 aliphatic rings. The minimum Gasteiger partial charge on any atom is -0.452 e. The molecule has 3 rings (SSSR count). The highest BCUT2D eigenvalue weighted by molar-refractivity contribution is 7.09. The summed E-state index contributed by atoms with van der Waals surface area (Å²) in [5.41, 5.74) is 7.72. The highest BCUT2D eigenvalue weighted by Crippen LogP contribution is 2.14. The second-order valence-corrected chi connectivity index (χ2v) is 7.36. The fourth-order valence-electron chi connectivity index (χ4n) is 2.71. The van der Waals surface area contributed by atoms with Crippen LogP contribution in [0.4, 0.5) is 5.69 Å². The predicted octanol–water partition coefficient (Wildman–Crippen LogP) is 3.76. The number of nitrogen functional groups attached to an aromatic ring is 1. The van der Waals surface area contributed by atoms with E-state index in [4.69, 9.17) is 10.5 Å². The Labute approximate surface area is 168 Å². The second kappa shape index (κ2) is 9.71. The summed E-state index contributed by atoms with van der Waals surface area (Å²) in [4.78, 5) is 27.7. The molecular weight excluding hydrogens is 372 g/mol. The van der Waals surface area contributed by atoms with Crippen molar-refractivity contribution >= 4 is 28.9 Å². The van der Waals surface area contributed by atoms with Gasteiger partial charge in [-0.15, -0.1) is 11.3 Å². The third kappa shape index (κ3) is 5.69. The van der Waals surface area contributed by atoms with Crippen molar-refractivity contribution in [3.8, 4) is 0 Å². The molecule has 3 aromatic rings. The lowest BCUT2D eigenvalue weighted by Gasteiger charge is -2.22. The van der Waals surface area contributed by atoms with Gasteiger partial charge in [0.1, 0.15) is 0 Å². The number of nitrogens with zero attached hydrogens (tertiary/aromatic N) is 1. The number of amides is 1. The first kappa shape index (κ1) is 19.6. The van der Waals surface area contributed by atoms with Crippen LogP contribution in [0.1, 0.15) is 20.8 Å². The van der Waals surface area contributed by atoms with Gasteiger partial charge in [0.25, 0.3) is 5.91 Å². The smallest absolute Gasteiger partial charge is 0.338 e. The molecule has 0 atom stereocenters. The second-order valence-electron chi connectivity index (χ2n) is 6.33. The monoisotopic (exact) mass is 394 g/mol. The number of ether oxygens (including phenoxy) is 1. The quantitative estimate of drug-likeness (QED) is 0.466. The highest BCUT2D eigenvalue weighted by atomic mass is 32.1. The average molecular weight is 394 g/mol. The molecule has 144 valence electrons. The van der Waals surface area contributed by atoms with E-state index in [1.54, 1.807) is 40.5 Å². The normalized spacial score (nSPS) is 10.4. The Morgan fingerprint density at radius 1 is 0.964 bits per heavy atom. The summed E-state index contributed by atoms with van der Waals surface area (Å²) in [5, 5.41) is 1.98. The van der Waals surface area contributed by atoms with E-state index in [0.717, 1.165) is 16.9 Å². The highest BCUT2D eigenvalue weighted by Gasteiger charge is 2.17. The van der Waals surface area contributed by atoms with Gasteiger partial charge >= 0.3 is 5.97 Å². The number of thiophene rings is 1. The van der Waals surface area contributed by atoms with Gasteiger partial charge in [-0.25, -0.2) is 4.79 Å². The molecule has 0 fully saturated rings. The average Bonchev–Trinajstić information content (AvgIpc) is 3.23. The van der Waals surface area contributed by atoms with Crippen LogP contribution in [-0.4, -0.2) is 29.9 Å². The Balaban J connectivity index is 1.60. The van der Waals surface area contributed by atoms with E-state index < -0.39 is 5.97 Å². The molecule has 2 aromatic carbocycles. The number of hydrogen-bond donors (Lipinski definition) is 1. The van der Waals surface area contributed by atoms with Crippen molar-refractivity contribution < 1.29 is 14.3 Å². The fraction of sp³-hybridized carbons (Fsp3) is 0.182. The summed E-state index contributed by atoms with van der Waals surface area (Å²) in [6.07, 6.45) is 0.740. The van der Waals surface area contributed by atoms with E-state index in [0.29, 0.717) is 24.3 Å². The van der Waals surface area contributed by atoms with Gasteiger partial charge in [-0.05, 0) is 47.7 Å². The van der Waals surface area contributed by atoms with Crippen LogP contribution in [0.2, 0.25) is 0 Å². The Hall–Kier alpha value is -3.12. The molecule has 0 saturated carbocycles. The molecule has 1 heterocycles. The molecule has 0 radical (unpaired) electrons. The molecule has 0 unspecified atom stereocenters. The van der Waals surface area contributed by atoms with E-state index in [1.807, 2.05) is 47.8 Å². The van der Waals surface area contributed by atoms with E-state index in [2.05, 4.69) is 0 Å². The van der Waals surface area contributed by atoms with E-state index in [1.165, 1.54) is 0 Å². The molecule has 28 heavy (non-hydrogen) atoms. The maximum absolute atomic E-state index is 12.7. The largest absolute Gasteiger partial charge is 0.452 e. The first-order chi connectivity index (χ1) is 13.6. The molecule has 0 spiro atoms. The molecule has 0 bridgehead atoms. The fourth-order valence-corrected chi connectivity index (χ4v) is 3.43. The predicted molar refractivity (Wildman–Crippen MR) is 111 cm³/mol. The number of anilines is 1. The number of nitrogens with two attached hydrogens (primary N) is 1. The lowest BCUT2D eigenvalue weighted by molar-refractivity contribution is -0.135. The van der Waals surface area contributed by atoms with Gasteiger partial charge in [0.15, 0.2) is 6.61 Å². The van der Waals surface area contributed by atoms with E-state index in [-0.39, 0.29) is 12.5 Å². The molecule has 6 heteroatoms. The van der Waals surface area contributed by atoms with Crippen LogP contribution in [0, 0.1) is 0 Å². The zero-order valence-corrected chi connectivity index (χ0v) is 16.2. The zero-order valence-electron chi connectivity index (χ0n) is 15.4. The summed E-state index contributed by atoms with van der Waals surface area (Å²) in [7, 11) is 0. The Bertz CT molecular complexity index is 893. The van der Waals surface area contributed by atoms with Crippen LogP contribution < -0.4 is 5.73 Å². The van der Waals surface area contributed by atoms with Crippen LogP contribution >= 0.6 is 11.3 Å². The van der Waals surface area contributed by atoms with Gasteiger partial charge in [0.05, 0.1) is 12.1 Å². The van der Waals surface area contributed by atoms with Crippen molar-refractivity contribution in [3.63, 3.8) is 0 Å². The maximum Gasteiger partial charge on any atom is 0.338 e. The SMILES string of the molecule is Nc1ccc(C(=O)OCC(=O)N(CCc2ccccc2)Cc2cccs2)cc1. The molecule has 1 aromatic heterocycles. The van der Waals surface area contributed by atoms with Crippen LogP contribution in [0.25, 0.3) is 0 Å². The minimum atomic E-state index is -0.535. The van der Waals surface area contributed by atoms with Gasteiger partial charge in [-0.1, -0.05) is 36.4 Å². The van der Waals surface area contributed by atoms with Crippen LogP contribution in [0.3, 0.4) is 0 Å². The van der Waals surface area contributed by atoms with Crippen molar-refractivity contribution in [1.29, 1.82) is 0 Å². The van der Waals surface area contributed by atoms with Crippen molar-refractivity contribution in [1.82, 2.24) is 4.90 Å². The lowest BCUT2D eigenvalue weighted by Crippen LogP contribution is -2.35. The van der Waals surface area contributed by atoms with Gasteiger partial charge in [-0.3, -0.25) is 4.79 Å². The number of esters is 1. The number of carbonyl (C=O) groups excluding carboxylic acids is 2. The van der Waals surface area contributed by atoms with Crippen molar-refractivity contribution in [3.05, 3.63) is 88.1 Å². The van der Waals surface area contributed by atoms with Crippen LogP contribution in [-0.2, 0) is 22.5 Å². The van der Waals surface area contributed by atoms with Gasteiger partial charge in [0.2, 0.25) is 0 Å². The third-order valence-electron chi connectivity index (χ3n) is 4.27. The van der Waals surface area contributed by atoms with Crippen LogP contribution in [0.15, 0.2) is 72.1 Å². The zero-order chi connectivity index (χ0) is 19.8. The van der Waals surface area contributed by atoms with Crippen LogP contribution in [0.5, 0.6) is 0 Å². The number of benzene rings is 2. The molecule has 1 amide bonds. The first-order valence-electron chi connectivity index (χ1n) is 8.98. The van der Waals surface area contributed by atoms with Crippen molar-refractivity contribution in [2.24, 2.45) is 0 Å². The topological polar surface area (TPSA) is 72.6 Å². The Morgan fingerprint density at radius 3 is 2.39 bits per heavy atom. The molecule has 0 aliphatic heterocycles. The molecule has 0 aliphatic carbocycles. The number of carbonyl (C=O) groups is 2. The minimum absolute atomic E-state index is 0.215. The summed E-state index contributed by atoms with van der Waals surface area (Å²) in [6.45, 7) is 0.770.